The smallest absolute Gasteiger partial charge is 0.322 e. The number of benzene rings is 1. The fraction of sp³-hybridized carbons (Fsp3) is 0.412. The minimum absolute atomic E-state index is 0.0804. The summed E-state index contributed by atoms with van der Waals surface area (Å²) in [5.74, 6) is -0.804. The Kier molecular flexibility index (Phi) is 4.66. The van der Waals surface area contributed by atoms with Crippen molar-refractivity contribution in [2.45, 2.75) is 37.6 Å². The second-order valence-corrected chi connectivity index (χ2v) is 8.19. The zero-order chi connectivity index (χ0) is 18.2. The molecule has 0 amide bonds. The van der Waals surface area contributed by atoms with E-state index < -0.39 is 22.0 Å². The second-order valence-electron chi connectivity index (χ2n) is 6.29. The molecule has 7 nitrogen and oxygen atoms in total. The zero-order valence-corrected chi connectivity index (χ0v) is 14.9. The molecule has 1 aliphatic rings. The first-order valence-corrected chi connectivity index (χ1v) is 9.52. The highest BCUT2D eigenvalue weighted by Gasteiger charge is 2.41. The van der Waals surface area contributed by atoms with Crippen molar-refractivity contribution in [2.24, 2.45) is 5.92 Å². The van der Waals surface area contributed by atoms with E-state index in [1.807, 2.05) is 0 Å². The van der Waals surface area contributed by atoms with Gasteiger partial charge in [-0.15, -0.1) is 0 Å². The third-order valence-electron chi connectivity index (χ3n) is 4.52. The summed E-state index contributed by atoms with van der Waals surface area (Å²) in [7, 11) is -3.87. The molecule has 1 aromatic heterocycles. The Morgan fingerprint density at radius 2 is 2.00 bits per heavy atom. The van der Waals surface area contributed by atoms with Gasteiger partial charge in [-0.2, -0.15) is 4.31 Å². The van der Waals surface area contributed by atoms with Crippen LogP contribution in [-0.2, 0) is 14.8 Å². The van der Waals surface area contributed by atoms with Gasteiger partial charge in [0, 0.05) is 19.0 Å². The van der Waals surface area contributed by atoms with Gasteiger partial charge in [0.2, 0.25) is 10.0 Å². The molecule has 134 valence electrons. The van der Waals surface area contributed by atoms with E-state index in [-0.39, 0.29) is 17.4 Å². The van der Waals surface area contributed by atoms with Crippen molar-refractivity contribution in [2.75, 3.05) is 6.54 Å². The molecule has 2 unspecified atom stereocenters. The highest BCUT2D eigenvalue weighted by molar-refractivity contribution is 7.89. The van der Waals surface area contributed by atoms with Crippen LogP contribution in [0.25, 0.3) is 11.3 Å². The van der Waals surface area contributed by atoms with E-state index in [0.717, 1.165) is 9.87 Å². The van der Waals surface area contributed by atoms with Crippen molar-refractivity contribution >= 4 is 16.0 Å². The lowest BCUT2D eigenvalue weighted by molar-refractivity contribution is -0.144. The molecule has 2 atom stereocenters. The summed E-state index contributed by atoms with van der Waals surface area (Å²) < 4.78 is 32.1. The number of rotatable bonds is 4. The molecule has 0 aliphatic carbocycles. The molecule has 3 rings (SSSR count). The van der Waals surface area contributed by atoms with Gasteiger partial charge in [-0.1, -0.05) is 19.1 Å². The van der Waals surface area contributed by atoms with Crippen molar-refractivity contribution in [3.05, 3.63) is 36.4 Å². The van der Waals surface area contributed by atoms with Gasteiger partial charge in [0.05, 0.1) is 4.90 Å². The number of aliphatic carboxylic acids is 1. The zero-order valence-electron chi connectivity index (χ0n) is 14.0. The minimum Gasteiger partial charge on any atom is -0.480 e. The Hall–Kier alpha value is -2.19. The molecular formula is C17H20N2O5S. The van der Waals surface area contributed by atoms with Crippen LogP contribution < -0.4 is 0 Å². The molecule has 2 aromatic rings. The molecule has 25 heavy (non-hydrogen) atoms. The first kappa shape index (κ1) is 17.6. The molecule has 1 aliphatic heterocycles. The number of aromatic nitrogens is 1. The van der Waals surface area contributed by atoms with Gasteiger partial charge in [-0.25, -0.2) is 13.4 Å². The molecule has 1 N–H and O–H groups in total. The van der Waals surface area contributed by atoms with Gasteiger partial charge in [-0.05, 0) is 30.9 Å². The third kappa shape index (κ3) is 3.32. The van der Waals surface area contributed by atoms with Crippen molar-refractivity contribution in [1.82, 2.24) is 9.29 Å². The number of carboxylic acid groups (broad SMARTS) is 1. The molecule has 0 radical (unpaired) electrons. The van der Waals surface area contributed by atoms with E-state index in [4.69, 9.17) is 4.42 Å². The van der Waals surface area contributed by atoms with E-state index in [2.05, 4.69) is 4.98 Å². The lowest BCUT2D eigenvalue weighted by Crippen LogP contribution is -2.51. The monoisotopic (exact) mass is 364 g/mol. The number of carbonyl (C=O) groups is 1. The number of hydrogen-bond acceptors (Lipinski definition) is 5. The lowest BCUT2D eigenvalue weighted by Gasteiger charge is -2.36. The molecule has 1 saturated heterocycles. The number of sulfonamides is 1. The summed E-state index contributed by atoms with van der Waals surface area (Å²) in [5, 5.41) is 9.46. The highest BCUT2D eigenvalue weighted by atomic mass is 32.2. The van der Waals surface area contributed by atoms with Crippen LogP contribution in [0.1, 0.15) is 25.7 Å². The molecule has 0 saturated carbocycles. The number of carboxylic acids is 1. The van der Waals surface area contributed by atoms with Crippen LogP contribution in [0, 0.1) is 12.8 Å². The van der Waals surface area contributed by atoms with Crippen LogP contribution in [-0.4, -0.2) is 41.4 Å². The molecule has 1 fully saturated rings. The average molecular weight is 364 g/mol. The molecule has 8 heteroatoms. The van der Waals surface area contributed by atoms with Crippen LogP contribution in [0.4, 0.5) is 0 Å². The van der Waals surface area contributed by atoms with Gasteiger partial charge >= 0.3 is 5.97 Å². The Labute approximate surface area is 146 Å². The van der Waals surface area contributed by atoms with Crippen molar-refractivity contribution in [3.63, 3.8) is 0 Å². The molecule has 1 aromatic carbocycles. The summed E-state index contributed by atoms with van der Waals surface area (Å²) in [6.45, 7) is 3.72. The van der Waals surface area contributed by atoms with E-state index in [0.29, 0.717) is 24.4 Å². The number of nitrogens with zero attached hydrogens (tertiary/aromatic N) is 2. The molecule has 2 heterocycles. The largest absolute Gasteiger partial charge is 0.480 e. The van der Waals surface area contributed by atoms with Crippen molar-refractivity contribution in [3.8, 4) is 11.3 Å². The Balaban J connectivity index is 1.92. The Bertz CT molecular complexity index is 873. The van der Waals surface area contributed by atoms with Gasteiger partial charge < -0.3 is 9.52 Å². The second kappa shape index (κ2) is 6.61. The predicted octanol–water partition coefficient (Wildman–Crippen LogP) is 2.52. The first-order valence-electron chi connectivity index (χ1n) is 8.08. The molecule has 0 spiro atoms. The quantitative estimate of drug-likeness (QED) is 0.895. The van der Waals surface area contributed by atoms with Crippen LogP contribution in [0.2, 0.25) is 0 Å². The summed E-state index contributed by atoms with van der Waals surface area (Å²) in [4.78, 5) is 15.9. The topological polar surface area (TPSA) is 101 Å². The van der Waals surface area contributed by atoms with Gasteiger partial charge in [0.25, 0.3) is 0 Å². The standard InChI is InChI=1S/C17H20N2O5S/c1-11-4-3-9-19(16(11)17(20)21)25(22,23)14-7-5-13(6-8-14)15-10-24-12(2)18-15/h5-8,10-11,16H,3-4,9H2,1-2H3,(H,20,21). The number of piperidine rings is 1. The maximum atomic E-state index is 12.9. The van der Waals surface area contributed by atoms with E-state index in [1.54, 1.807) is 26.0 Å². The van der Waals surface area contributed by atoms with Crippen LogP contribution in [0.15, 0.2) is 39.8 Å². The van der Waals surface area contributed by atoms with E-state index in [1.165, 1.54) is 18.4 Å². The van der Waals surface area contributed by atoms with E-state index in [9.17, 15) is 18.3 Å². The summed E-state index contributed by atoms with van der Waals surface area (Å²) in [6, 6.07) is 5.22. The predicted molar refractivity (Wildman–Crippen MR) is 90.4 cm³/mol. The lowest BCUT2D eigenvalue weighted by atomic mass is 9.93. The molecule has 0 bridgehead atoms. The van der Waals surface area contributed by atoms with Crippen LogP contribution in [0.3, 0.4) is 0 Å². The minimum atomic E-state index is -3.87. The fourth-order valence-corrected chi connectivity index (χ4v) is 4.93. The highest BCUT2D eigenvalue weighted by Crippen LogP contribution is 2.30. The van der Waals surface area contributed by atoms with Crippen LogP contribution in [0.5, 0.6) is 0 Å². The first-order chi connectivity index (χ1) is 11.8. The fourth-order valence-electron chi connectivity index (χ4n) is 3.22. The van der Waals surface area contributed by atoms with Gasteiger partial charge in [0.15, 0.2) is 5.89 Å². The summed E-state index contributed by atoms with van der Waals surface area (Å²) in [5.41, 5.74) is 1.36. The average Bonchev–Trinajstić information content (AvgIpc) is 3.01. The van der Waals surface area contributed by atoms with Gasteiger partial charge in [0.1, 0.15) is 18.0 Å². The number of aryl methyl sites for hydroxylation is 1. The van der Waals surface area contributed by atoms with Crippen molar-refractivity contribution in [1.29, 1.82) is 0 Å². The maximum absolute atomic E-state index is 12.9. The third-order valence-corrected chi connectivity index (χ3v) is 6.41. The Morgan fingerprint density at radius 1 is 1.32 bits per heavy atom. The number of oxazole rings is 1. The van der Waals surface area contributed by atoms with E-state index >= 15 is 0 Å². The van der Waals surface area contributed by atoms with Crippen molar-refractivity contribution < 1.29 is 22.7 Å². The van der Waals surface area contributed by atoms with Crippen LogP contribution >= 0.6 is 0 Å². The summed E-state index contributed by atoms with van der Waals surface area (Å²) >= 11 is 0. The SMILES string of the molecule is Cc1nc(-c2ccc(S(=O)(=O)N3CCCC(C)C3C(=O)O)cc2)co1. The molecular weight excluding hydrogens is 344 g/mol. The normalized spacial score (nSPS) is 22.0. The number of hydrogen-bond donors (Lipinski definition) is 1. The van der Waals surface area contributed by atoms with Gasteiger partial charge in [-0.3, -0.25) is 4.79 Å². The maximum Gasteiger partial charge on any atom is 0.322 e. The Morgan fingerprint density at radius 3 is 2.56 bits per heavy atom. The summed E-state index contributed by atoms with van der Waals surface area (Å²) in [6.07, 6.45) is 2.86.